The molecule has 0 radical (unpaired) electrons. The van der Waals surface area contributed by atoms with Crippen LogP contribution in [0.3, 0.4) is 0 Å². The van der Waals surface area contributed by atoms with Gasteiger partial charge in [-0.05, 0) is 37.0 Å². The van der Waals surface area contributed by atoms with E-state index >= 15 is 0 Å². The molecule has 2 unspecified atom stereocenters. The standard InChI is InChI=1S/C15H27BN2O/c1-15(2)8-5-6-11-10-18(4)14(19)13(16-3)17-12(11)7-9-15/h11-12,16H,5-10H2,1-4H3. The summed E-state index contributed by atoms with van der Waals surface area (Å²) in [5.41, 5.74) is 1.23. The summed E-state index contributed by atoms with van der Waals surface area (Å²) in [6.07, 6.45) is 6.16. The van der Waals surface area contributed by atoms with Gasteiger partial charge in [0.15, 0.2) is 7.28 Å². The number of aliphatic imine (C=N–C) groups is 1. The molecule has 2 atom stereocenters. The van der Waals surface area contributed by atoms with Crippen LogP contribution in [0.25, 0.3) is 0 Å². The van der Waals surface area contributed by atoms with Gasteiger partial charge in [-0.2, -0.15) is 0 Å². The predicted molar refractivity (Wildman–Crippen MR) is 82.2 cm³/mol. The fourth-order valence-corrected chi connectivity index (χ4v) is 3.47. The molecule has 2 aliphatic rings. The van der Waals surface area contributed by atoms with Crippen molar-refractivity contribution >= 4 is 18.8 Å². The van der Waals surface area contributed by atoms with Crippen LogP contribution in [0, 0.1) is 11.3 Å². The molecule has 1 fully saturated rings. The third kappa shape index (κ3) is 3.40. The molecular formula is C15H27BN2O. The first-order valence-corrected chi connectivity index (χ1v) is 7.75. The summed E-state index contributed by atoms with van der Waals surface area (Å²) in [6.45, 7) is 7.66. The van der Waals surface area contributed by atoms with Crippen molar-refractivity contribution in [1.82, 2.24) is 4.90 Å². The molecule has 0 aromatic rings. The highest BCUT2D eigenvalue weighted by Gasteiger charge is 2.33. The minimum Gasteiger partial charge on any atom is -0.341 e. The Morgan fingerprint density at radius 2 is 2.05 bits per heavy atom. The van der Waals surface area contributed by atoms with Crippen LogP contribution < -0.4 is 0 Å². The number of nitrogens with zero attached hydrogens (tertiary/aromatic N) is 2. The maximum Gasteiger partial charge on any atom is 0.257 e. The van der Waals surface area contributed by atoms with E-state index in [0.29, 0.717) is 17.4 Å². The number of amides is 1. The van der Waals surface area contributed by atoms with E-state index in [9.17, 15) is 4.79 Å². The van der Waals surface area contributed by atoms with Gasteiger partial charge in [0.2, 0.25) is 0 Å². The van der Waals surface area contributed by atoms with Crippen LogP contribution in [0.2, 0.25) is 6.82 Å². The second-order valence-corrected chi connectivity index (χ2v) is 7.04. The quantitative estimate of drug-likeness (QED) is 0.667. The molecule has 0 N–H and O–H groups in total. The van der Waals surface area contributed by atoms with Crippen LogP contribution in [0.4, 0.5) is 0 Å². The van der Waals surface area contributed by atoms with Gasteiger partial charge in [0.25, 0.3) is 5.91 Å². The lowest BCUT2D eigenvalue weighted by molar-refractivity contribution is -0.123. The minimum atomic E-state index is 0.147. The van der Waals surface area contributed by atoms with Gasteiger partial charge in [0.1, 0.15) is 0 Å². The number of carbonyl (C=O) groups is 1. The zero-order valence-corrected chi connectivity index (χ0v) is 12.9. The molecule has 106 valence electrons. The van der Waals surface area contributed by atoms with Gasteiger partial charge >= 0.3 is 0 Å². The van der Waals surface area contributed by atoms with Gasteiger partial charge in [-0.3, -0.25) is 9.79 Å². The van der Waals surface area contributed by atoms with Gasteiger partial charge in [0, 0.05) is 13.6 Å². The molecule has 0 aromatic carbocycles. The maximum absolute atomic E-state index is 12.2. The second kappa shape index (κ2) is 5.68. The van der Waals surface area contributed by atoms with Crippen molar-refractivity contribution in [3.05, 3.63) is 0 Å². The molecule has 1 amide bonds. The summed E-state index contributed by atoms with van der Waals surface area (Å²) in [7, 11) is 2.69. The summed E-state index contributed by atoms with van der Waals surface area (Å²) in [6, 6.07) is 0.364. The first kappa shape index (κ1) is 14.6. The molecule has 2 rings (SSSR count). The normalized spacial score (nSPS) is 31.7. The number of fused-ring (bicyclic) bond motifs is 1. The van der Waals surface area contributed by atoms with Gasteiger partial charge < -0.3 is 4.90 Å². The van der Waals surface area contributed by atoms with E-state index in [0.717, 1.165) is 25.9 Å². The molecule has 1 aliphatic carbocycles. The number of hydrogen-bond donors (Lipinski definition) is 0. The lowest BCUT2D eigenvalue weighted by atomic mass is 9.74. The van der Waals surface area contributed by atoms with E-state index in [4.69, 9.17) is 4.99 Å². The highest BCUT2D eigenvalue weighted by molar-refractivity contribution is 6.88. The zero-order chi connectivity index (χ0) is 14.0. The van der Waals surface area contributed by atoms with Crippen LogP contribution in [0.15, 0.2) is 4.99 Å². The summed E-state index contributed by atoms with van der Waals surface area (Å²) in [4.78, 5) is 18.9. The largest absolute Gasteiger partial charge is 0.341 e. The number of rotatable bonds is 1. The Bertz CT molecular complexity index is 378. The van der Waals surface area contributed by atoms with E-state index in [-0.39, 0.29) is 5.91 Å². The fraction of sp³-hybridized carbons (Fsp3) is 0.867. The summed E-state index contributed by atoms with van der Waals surface area (Å²) in [5.74, 6) is 0.711. The van der Waals surface area contributed by atoms with E-state index in [1.165, 1.54) is 25.7 Å². The van der Waals surface area contributed by atoms with Gasteiger partial charge in [0.05, 0.1) is 11.7 Å². The first-order chi connectivity index (χ1) is 8.93. The molecule has 1 heterocycles. The van der Waals surface area contributed by atoms with Crippen molar-refractivity contribution in [3.63, 3.8) is 0 Å². The van der Waals surface area contributed by atoms with Gasteiger partial charge in [-0.15, -0.1) is 0 Å². The van der Waals surface area contributed by atoms with Crippen molar-refractivity contribution in [3.8, 4) is 0 Å². The average molecular weight is 262 g/mol. The van der Waals surface area contributed by atoms with Crippen LogP contribution in [0.5, 0.6) is 0 Å². The van der Waals surface area contributed by atoms with E-state index in [1.54, 1.807) is 0 Å². The van der Waals surface area contributed by atoms with E-state index < -0.39 is 0 Å². The number of carbonyl (C=O) groups excluding carboxylic acids is 1. The zero-order valence-electron chi connectivity index (χ0n) is 12.9. The molecule has 0 aromatic heterocycles. The topological polar surface area (TPSA) is 32.7 Å². The van der Waals surface area contributed by atoms with Crippen molar-refractivity contribution in [2.75, 3.05) is 13.6 Å². The van der Waals surface area contributed by atoms with E-state index in [2.05, 4.69) is 13.8 Å². The molecule has 0 spiro atoms. The van der Waals surface area contributed by atoms with Crippen LogP contribution >= 0.6 is 0 Å². The van der Waals surface area contributed by atoms with Crippen LogP contribution in [-0.4, -0.2) is 43.3 Å². The Morgan fingerprint density at radius 3 is 2.74 bits per heavy atom. The van der Waals surface area contributed by atoms with Crippen molar-refractivity contribution < 1.29 is 4.79 Å². The summed E-state index contributed by atoms with van der Waals surface area (Å²) in [5, 5.41) is 0. The van der Waals surface area contributed by atoms with Crippen molar-refractivity contribution in [2.24, 2.45) is 16.3 Å². The highest BCUT2D eigenvalue weighted by Crippen LogP contribution is 2.36. The molecule has 0 bridgehead atoms. The minimum absolute atomic E-state index is 0.147. The molecular weight excluding hydrogens is 235 g/mol. The molecule has 1 aliphatic heterocycles. The van der Waals surface area contributed by atoms with Crippen molar-refractivity contribution in [1.29, 1.82) is 0 Å². The smallest absolute Gasteiger partial charge is 0.257 e. The SMILES string of the molecule is CBC1=NC2CCC(C)(C)CCCC2CN(C)C1=O. The Morgan fingerprint density at radius 1 is 1.32 bits per heavy atom. The Kier molecular flexibility index (Phi) is 4.37. The Labute approximate surface area is 118 Å². The van der Waals surface area contributed by atoms with Gasteiger partial charge in [-0.1, -0.05) is 27.1 Å². The fourth-order valence-electron chi connectivity index (χ4n) is 3.47. The van der Waals surface area contributed by atoms with Crippen LogP contribution in [0.1, 0.15) is 46.0 Å². The Balaban J connectivity index is 2.21. The molecule has 1 saturated carbocycles. The molecule has 3 nitrogen and oxygen atoms in total. The third-order valence-electron chi connectivity index (χ3n) is 4.85. The highest BCUT2D eigenvalue weighted by atomic mass is 16.2. The Hall–Kier alpha value is -0.795. The maximum atomic E-state index is 12.2. The molecule has 4 heteroatoms. The molecule has 19 heavy (non-hydrogen) atoms. The summed E-state index contributed by atoms with van der Waals surface area (Å²) >= 11 is 0. The van der Waals surface area contributed by atoms with E-state index in [1.807, 2.05) is 18.8 Å². The van der Waals surface area contributed by atoms with Gasteiger partial charge in [-0.25, -0.2) is 0 Å². The second-order valence-electron chi connectivity index (χ2n) is 7.04. The lowest BCUT2D eigenvalue weighted by Crippen LogP contribution is -2.37. The monoisotopic (exact) mass is 262 g/mol. The lowest BCUT2D eigenvalue weighted by Gasteiger charge is -2.33. The number of hydrogen-bond acceptors (Lipinski definition) is 2. The van der Waals surface area contributed by atoms with Crippen LogP contribution in [-0.2, 0) is 4.79 Å². The van der Waals surface area contributed by atoms with Crippen molar-refractivity contribution in [2.45, 2.75) is 58.8 Å². The predicted octanol–water partition coefficient (Wildman–Crippen LogP) is 2.32. The first-order valence-electron chi connectivity index (χ1n) is 7.75. The average Bonchev–Trinajstić information content (AvgIpc) is 2.45. The summed E-state index contributed by atoms with van der Waals surface area (Å²) < 4.78 is 0. The third-order valence-corrected chi connectivity index (χ3v) is 4.85. The molecule has 0 saturated heterocycles.